The predicted molar refractivity (Wildman–Crippen MR) is 121 cm³/mol. The molecule has 0 unspecified atom stereocenters. The number of piperazine rings is 1. The van der Waals surface area contributed by atoms with Crippen LogP contribution in [0.5, 0.6) is 0 Å². The molecule has 1 aliphatic heterocycles. The summed E-state index contributed by atoms with van der Waals surface area (Å²) in [6.45, 7) is 3.26. The average Bonchev–Trinajstić information content (AvgIpc) is 2.81. The molecule has 3 aromatic rings. The summed E-state index contributed by atoms with van der Waals surface area (Å²) in [5, 5.41) is 0. The molecule has 0 aliphatic carbocycles. The van der Waals surface area contributed by atoms with Gasteiger partial charge in [-0.15, -0.1) is 0 Å². The van der Waals surface area contributed by atoms with E-state index in [-0.39, 0.29) is 19.0 Å². The van der Waals surface area contributed by atoms with Crippen molar-refractivity contribution >= 4 is 15.9 Å². The van der Waals surface area contributed by atoms with E-state index in [1.54, 1.807) is 29.2 Å². The van der Waals surface area contributed by atoms with E-state index in [4.69, 9.17) is 0 Å². The van der Waals surface area contributed by atoms with Gasteiger partial charge < -0.3 is 4.90 Å². The highest BCUT2D eigenvalue weighted by Gasteiger charge is 2.33. The van der Waals surface area contributed by atoms with E-state index in [2.05, 4.69) is 0 Å². The summed E-state index contributed by atoms with van der Waals surface area (Å²) in [7, 11) is -3.56. The van der Waals surface area contributed by atoms with Crippen molar-refractivity contribution in [3.8, 4) is 0 Å². The summed E-state index contributed by atoms with van der Waals surface area (Å²) in [5.41, 5.74) is 2.89. The standard InChI is InChI=1S/C25H26N2O3S/c1-20-12-14-23(15-13-20)31(29,30)27-18-16-26(17-19-27)25(28)24(21-8-4-2-5-9-21)22-10-6-3-7-11-22/h2-15,24H,16-19H2,1H3. The second kappa shape index (κ2) is 9.04. The van der Waals surface area contributed by atoms with Crippen LogP contribution in [0, 0.1) is 6.92 Å². The molecule has 0 spiro atoms. The maximum atomic E-state index is 13.5. The number of nitrogens with zero attached hydrogens (tertiary/aromatic N) is 2. The minimum atomic E-state index is -3.56. The molecule has 1 aliphatic rings. The number of carbonyl (C=O) groups excluding carboxylic acids is 1. The van der Waals surface area contributed by atoms with Gasteiger partial charge in [0.1, 0.15) is 0 Å². The third-order valence-electron chi connectivity index (χ3n) is 5.72. The molecule has 1 heterocycles. The maximum Gasteiger partial charge on any atom is 0.243 e. The van der Waals surface area contributed by atoms with Crippen molar-refractivity contribution < 1.29 is 13.2 Å². The molecule has 1 saturated heterocycles. The first-order chi connectivity index (χ1) is 15.0. The fraction of sp³-hybridized carbons (Fsp3) is 0.240. The van der Waals surface area contributed by atoms with Crippen molar-refractivity contribution in [1.29, 1.82) is 0 Å². The van der Waals surface area contributed by atoms with E-state index < -0.39 is 15.9 Å². The lowest BCUT2D eigenvalue weighted by molar-refractivity contribution is -0.133. The molecule has 4 rings (SSSR count). The number of rotatable bonds is 5. The summed E-state index contributed by atoms with van der Waals surface area (Å²) in [4.78, 5) is 15.6. The summed E-state index contributed by atoms with van der Waals surface area (Å²) >= 11 is 0. The van der Waals surface area contributed by atoms with Gasteiger partial charge in [0.2, 0.25) is 15.9 Å². The maximum absolute atomic E-state index is 13.5. The Hall–Kier alpha value is -2.96. The molecule has 31 heavy (non-hydrogen) atoms. The van der Waals surface area contributed by atoms with Gasteiger partial charge in [-0.3, -0.25) is 4.79 Å². The molecule has 0 saturated carbocycles. The monoisotopic (exact) mass is 434 g/mol. The number of benzene rings is 3. The van der Waals surface area contributed by atoms with Gasteiger partial charge in [0.05, 0.1) is 10.8 Å². The van der Waals surface area contributed by atoms with Crippen LogP contribution >= 0.6 is 0 Å². The summed E-state index contributed by atoms with van der Waals surface area (Å²) < 4.78 is 27.4. The lowest BCUT2D eigenvalue weighted by atomic mass is 9.90. The molecular formula is C25H26N2O3S. The Morgan fingerprint density at radius 2 is 1.23 bits per heavy atom. The van der Waals surface area contributed by atoms with Crippen LogP contribution in [0.4, 0.5) is 0 Å². The van der Waals surface area contributed by atoms with E-state index in [1.165, 1.54) is 4.31 Å². The third-order valence-corrected chi connectivity index (χ3v) is 7.63. The minimum absolute atomic E-state index is 0.00443. The van der Waals surface area contributed by atoms with Crippen LogP contribution < -0.4 is 0 Å². The van der Waals surface area contributed by atoms with Crippen molar-refractivity contribution in [2.45, 2.75) is 17.7 Å². The first-order valence-electron chi connectivity index (χ1n) is 10.4. The Labute approximate surface area is 184 Å². The third kappa shape index (κ3) is 4.55. The van der Waals surface area contributed by atoms with Gasteiger partial charge >= 0.3 is 0 Å². The molecule has 0 N–H and O–H groups in total. The molecule has 0 aromatic heterocycles. The fourth-order valence-electron chi connectivity index (χ4n) is 3.96. The highest BCUT2D eigenvalue weighted by molar-refractivity contribution is 7.89. The smallest absolute Gasteiger partial charge is 0.243 e. The SMILES string of the molecule is Cc1ccc(S(=O)(=O)N2CCN(C(=O)C(c3ccccc3)c3ccccc3)CC2)cc1. The quantitative estimate of drug-likeness (QED) is 0.616. The van der Waals surface area contributed by atoms with Crippen LogP contribution in [0.1, 0.15) is 22.6 Å². The Morgan fingerprint density at radius 1 is 0.742 bits per heavy atom. The molecule has 6 heteroatoms. The van der Waals surface area contributed by atoms with Crippen LogP contribution in [0.15, 0.2) is 89.8 Å². The van der Waals surface area contributed by atoms with Crippen LogP contribution in [0.3, 0.4) is 0 Å². The molecule has 0 bridgehead atoms. The van der Waals surface area contributed by atoms with E-state index in [9.17, 15) is 13.2 Å². The van der Waals surface area contributed by atoms with Gasteiger partial charge in [-0.25, -0.2) is 8.42 Å². The number of sulfonamides is 1. The van der Waals surface area contributed by atoms with Gasteiger partial charge in [-0.05, 0) is 30.2 Å². The fourth-order valence-corrected chi connectivity index (χ4v) is 5.38. The van der Waals surface area contributed by atoms with E-state index in [0.29, 0.717) is 18.0 Å². The zero-order valence-electron chi connectivity index (χ0n) is 17.5. The van der Waals surface area contributed by atoms with Crippen molar-refractivity contribution in [3.63, 3.8) is 0 Å². The first-order valence-corrected chi connectivity index (χ1v) is 11.9. The highest BCUT2D eigenvalue weighted by atomic mass is 32.2. The van der Waals surface area contributed by atoms with Crippen molar-refractivity contribution in [1.82, 2.24) is 9.21 Å². The van der Waals surface area contributed by atoms with Crippen LogP contribution in [0.2, 0.25) is 0 Å². The van der Waals surface area contributed by atoms with Gasteiger partial charge in [0.15, 0.2) is 0 Å². The number of hydrogen-bond acceptors (Lipinski definition) is 3. The van der Waals surface area contributed by atoms with E-state index >= 15 is 0 Å². The number of carbonyl (C=O) groups is 1. The Bertz CT molecular complexity index is 1080. The topological polar surface area (TPSA) is 57.7 Å². The van der Waals surface area contributed by atoms with Crippen molar-refractivity contribution in [2.75, 3.05) is 26.2 Å². The number of amides is 1. The summed E-state index contributed by atoms with van der Waals surface area (Å²) in [6, 6.07) is 26.4. The van der Waals surface area contributed by atoms with Crippen LogP contribution in [-0.2, 0) is 14.8 Å². The first kappa shape index (κ1) is 21.3. The largest absolute Gasteiger partial charge is 0.339 e. The second-order valence-electron chi connectivity index (χ2n) is 7.80. The average molecular weight is 435 g/mol. The highest BCUT2D eigenvalue weighted by Crippen LogP contribution is 2.28. The lowest BCUT2D eigenvalue weighted by Crippen LogP contribution is -2.51. The number of aryl methyl sites for hydroxylation is 1. The minimum Gasteiger partial charge on any atom is -0.339 e. The van der Waals surface area contributed by atoms with Crippen LogP contribution in [-0.4, -0.2) is 49.7 Å². The Morgan fingerprint density at radius 3 is 1.71 bits per heavy atom. The Kier molecular flexibility index (Phi) is 6.20. The van der Waals surface area contributed by atoms with Gasteiger partial charge in [-0.1, -0.05) is 78.4 Å². The molecule has 5 nitrogen and oxygen atoms in total. The Balaban J connectivity index is 1.52. The summed E-state index contributed by atoms with van der Waals surface area (Å²) in [5.74, 6) is -0.396. The molecule has 1 amide bonds. The zero-order chi connectivity index (χ0) is 21.8. The van der Waals surface area contributed by atoms with E-state index in [1.807, 2.05) is 67.6 Å². The lowest BCUT2D eigenvalue weighted by Gasteiger charge is -2.36. The number of hydrogen-bond donors (Lipinski definition) is 0. The predicted octanol–water partition coefficient (Wildman–Crippen LogP) is 3.66. The van der Waals surface area contributed by atoms with Crippen molar-refractivity contribution in [2.24, 2.45) is 0 Å². The second-order valence-corrected chi connectivity index (χ2v) is 9.73. The molecule has 0 radical (unpaired) electrons. The summed E-state index contributed by atoms with van der Waals surface area (Å²) in [6.07, 6.45) is 0. The van der Waals surface area contributed by atoms with Gasteiger partial charge in [0, 0.05) is 26.2 Å². The molecular weight excluding hydrogens is 408 g/mol. The molecule has 160 valence electrons. The zero-order valence-corrected chi connectivity index (χ0v) is 18.3. The molecule has 3 aromatic carbocycles. The van der Waals surface area contributed by atoms with Gasteiger partial charge in [-0.2, -0.15) is 4.31 Å². The van der Waals surface area contributed by atoms with E-state index in [0.717, 1.165) is 16.7 Å². The van der Waals surface area contributed by atoms with Crippen molar-refractivity contribution in [3.05, 3.63) is 102 Å². The normalized spacial score (nSPS) is 15.2. The molecule has 0 atom stereocenters. The van der Waals surface area contributed by atoms with Crippen LogP contribution in [0.25, 0.3) is 0 Å². The van der Waals surface area contributed by atoms with Gasteiger partial charge in [0.25, 0.3) is 0 Å². The molecule has 1 fully saturated rings.